The van der Waals surface area contributed by atoms with E-state index in [1.165, 1.54) is 0 Å². The molecule has 0 spiro atoms. The summed E-state index contributed by atoms with van der Waals surface area (Å²) in [5.74, 6) is 1.36. The first kappa shape index (κ1) is 25.9. The Kier molecular flexibility index (Phi) is 7.23. The summed E-state index contributed by atoms with van der Waals surface area (Å²) in [7, 11) is 5.00. The van der Waals surface area contributed by atoms with Gasteiger partial charge in [-0.15, -0.1) is 0 Å². The van der Waals surface area contributed by atoms with Crippen molar-refractivity contribution in [1.29, 1.82) is 5.41 Å². The van der Waals surface area contributed by atoms with Crippen molar-refractivity contribution < 1.29 is 19.0 Å². The van der Waals surface area contributed by atoms with E-state index in [1.54, 1.807) is 30.9 Å². The van der Waals surface area contributed by atoms with Gasteiger partial charge in [-0.05, 0) is 59.5 Å². The van der Waals surface area contributed by atoms with Gasteiger partial charge in [0.05, 0.1) is 48.9 Å². The van der Waals surface area contributed by atoms with Crippen LogP contribution in [0.2, 0.25) is 10.0 Å². The fourth-order valence-corrected chi connectivity index (χ4v) is 5.09. The van der Waals surface area contributed by atoms with Crippen molar-refractivity contribution in [2.45, 2.75) is 13.0 Å². The van der Waals surface area contributed by atoms with E-state index in [1.807, 2.05) is 60.4 Å². The zero-order valence-electron chi connectivity index (χ0n) is 21.3. The number of fused-ring (bicyclic) bond motifs is 1. The molecule has 0 saturated heterocycles. The SMILES string of the molecule is COc1ccc(-c2cc(Cn3ccn(C)c3=N)cc3c2OC[C@H](Cc2ccc(Cl)c(Cl)c2)C3=O)cc1OC. The van der Waals surface area contributed by atoms with Crippen molar-refractivity contribution in [3.8, 4) is 28.4 Å². The van der Waals surface area contributed by atoms with Crippen molar-refractivity contribution in [1.82, 2.24) is 9.13 Å². The molecular formula is C29H27Cl2N3O4. The molecule has 4 aromatic rings. The summed E-state index contributed by atoms with van der Waals surface area (Å²) >= 11 is 12.3. The zero-order chi connectivity index (χ0) is 27.0. The third-order valence-corrected chi connectivity index (χ3v) is 7.54. The van der Waals surface area contributed by atoms with Gasteiger partial charge in [-0.3, -0.25) is 10.2 Å². The van der Waals surface area contributed by atoms with Gasteiger partial charge in [0.25, 0.3) is 0 Å². The van der Waals surface area contributed by atoms with Crippen LogP contribution in [0.15, 0.2) is 60.9 Å². The van der Waals surface area contributed by atoms with Gasteiger partial charge in [0.15, 0.2) is 17.3 Å². The second-order valence-electron chi connectivity index (χ2n) is 9.28. The van der Waals surface area contributed by atoms with Crippen LogP contribution < -0.4 is 19.8 Å². The normalized spacial score (nSPS) is 14.7. The number of aryl methyl sites for hydroxylation is 1. The Hall–Kier alpha value is -3.68. The Morgan fingerprint density at radius 2 is 1.71 bits per heavy atom. The van der Waals surface area contributed by atoms with Gasteiger partial charge in [-0.25, -0.2) is 0 Å². The summed E-state index contributed by atoms with van der Waals surface area (Å²) in [5, 5.41) is 9.27. The number of methoxy groups -OCH3 is 2. The summed E-state index contributed by atoms with van der Waals surface area (Å²) in [6, 6.07) is 14.9. The first-order valence-electron chi connectivity index (χ1n) is 12.1. The van der Waals surface area contributed by atoms with E-state index in [4.69, 9.17) is 42.8 Å². The van der Waals surface area contributed by atoms with Crippen molar-refractivity contribution in [3.63, 3.8) is 0 Å². The van der Waals surface area contributed by atoms with Crippen LogP contribution in [-0.4, -0.2) is 35.7 Å². The molecular weight excluding hydrogens is 525 g/mol. The standard InChI is InChI=1S/C29H27Cl2N3O4/c1-33-8-9-34(29(33)32)15-18-11-21(19-5-7-25(36-2)26(14-19)37-3)28-22(12-18)27(35)20(16-38-28)10-17-4-6-23(30)24(31)13-17/h4-9,11-14,20,32H,10,15-16H2,1-3H3/t20-/m0/s1. The molecule has 2 heterocycles. The summed E-state index contributed by atoms with van der Waals surface area (Å²) in [6.07, 6.45) is 4.16. The van der Waals surface area contributed by atoms with E-state index in [0.29, 0.717) is 51.4 Å². The molecule has 196 valence electrons. The van der Waals surface area contributed by atoms with Crippen LogP contribution >= 0.6 is 23.2 Å². The molecule has 38 heavy (non-hydrogen) atoms. The number of imidazole rings is 1. The van der Waals surface area contributed by atoms with E-state index >= 15 is 0 Å². The number of benzene rings is 3. The minimum absolute atomic E-state index is 0.00468. The molecule has 0 saturated carbocycles. The molecule has 5 rings (SSSR count). The molecule has 0 fully saturated rings. The molecule has 1 N–H and O–H groups in total. The van der Waals surface area contributed by atoms with Crippen LogP contribution in [0, 0.1) is 11.3 Å². The highest BCUT2D eigenvalue weighted by Crippen LogP contribution is 2.42. The maximum atomic E-state index is 13.8. The number of aromatic nitrogens is 2. The van der Waals surface area contributed by atoms with Crippen LogP contribution in [0.25, 0.3) is 11.1 Å². The van der Waals surface area contributed by atoms with Crippen LogP contribution in [0.4, 0.5) is 0 Å². The second-order valence-corrected chi connectivity index (χ2v) is 10.1. The average Bonchev–Trinajstić information content (AvgIpc) is 3.23. The predicted molar refractivity (Wildman–Crippen MR) is 147 cm³/mol. The third kappa shape index (κ3) is 4.91. The molecule has 7 nitrogen and oxygen atoms in total. The van der Waals surface area contributed by atoms with Gasteiger partial charge >= 0.3 is 0 Å². The lowest BCUT2D eigenvalue weighted by atomic mass is 9.86. The van der Waals surface area contributed by atoms with Crippen molar-refractivity contribution in [3.05, 3.63) is 93.3 Å². The zero-order valence-corrected chi connectivity index (χ0v) is 22.8. The number of nitrogens with one attached hydrogen (secondary N) is 1. The maximum absolute atomic E-state index is 13.8. The molecule has 0 bridgehead atoms. The summed E-state index contributed by atoms with van der Waals surface area (Å²) < 4.78 is 20.8. The molecule has 0 aliphatic carbocycles. The van der Waals surface area contributed by atoms with E-state index in [2.05, 4.69) is 0 Å². The van der Waals surface area contributed by atoms with Crippen LogP contribution in [0.5, 0.6) is 17.2 Å². The highest BCUT2D eigenvalue weighted by atomic mass is 35.5. The fraction of sp³-hybridized carbons (Fsp3) is 0.241. The summed E-state index contributed by atoms with van der Waals surface area (Å²) in [5.41, 5.74) is 4.29. The number of hydrogen-bond donors (Lipinski definition) is 1. The number of hydrogen-bond acceptors (Lipinski definition) is 5. The van der Waals surface area contributed by atoms with Crippen LogP contribution in [0.3, 0.4) is 0 Å². The fourth-order valence-electron chi connectivity index (χ4n) is 4.77. The van der Waals surface area contributed by atoms with Crippen molar-refractivity contribution in [2.75, 3.05) is 20.8 Å². The van der Waals surface area contributed by atoms with Gasteiger partial charge in [-0.1, -0.05) is 35.3 Å². The number of carbonyl (C=O) groups excluding carboxylic acids is 1. The third-order valence-electron chi connectivity index (χ3n) is 6.80. The first-order valence-corrected chi connectivity index (χ1v) is 12.8. The lowest BCUT2D eigenvalue weighted by molar-refractivity contribution is 0.0831. The number of halogens is 2. The Labute approximate surface area is 230 Å². The minimum atomic E-state index is -0.371. The van der Waals surface area contributed by atoms with Gasteiger partial charge < -0.3 is 23.3 Å². The van der Waals surface area contributed by atoms with Gasteiger partial charge in [0.2, 0.25) is 5.62 Å². The summed E-state index contributed by atoms with van der Waals surface area (Å²) in [6.45, 7) is 0.675. The maximum Gasteiger partial charge on any atom is 0.202 e. The Bertz CT molecular complexity index is 1590. The van der Waals surface area contributed by atoms with Gasteiger partial charge in [0, 0.05) is 25.0 Å². The Balaban J connectivity index is 1.58. The number of rotatable bonds is 7. The highest BCUT2D eigenvalue weighted by Gasteiger charge is 2.32. The first-order chi connectivity index (χ1) is 18.3. The van der Waals surface area contributed by atoms with Crippen molar-refractivity contribution in [2.24, 2.45) is 13.0 Å². The smallest absolute Gasteiger partial charge is 0.202 e. The van der Waals surface area contributed by atoms with Gasteiger partial charge in [-0.2, -0.15) is 0 Å². The molecule has 1 aromatic heterocycles. The average molecular weight is 552 g/mol. The lowest BCUT2D eigenvalue weighted by Crippen LogP contribution is -2.30. The molecule has 1 aliphatic rings. The molecule has 0 amide bonds. The quantitative estimate of drug-likeness (QED) is 0.315. The van der Waals surface area contributed by atoms with Crippen molar-refractivity contribution >= 4 is 29.0 Å². The number of ether oxygens (including phenoxy) is 3. The number of nitrogens with zero attached hydrogens (tertiary/aromatic N) is 2. The number of Topliss-reactive ketones (excluding diaryl/α,β-unsaturated/α-hetero) is 1. The minimum Gasteiger partial charge on any atom is -0.493 e. The van der Waals surface area contributed by atoms with E-state index in [-0.39, 0.29) is 18.3 Å². The molecule has 1 aliphatic heterocycles. The van der Waals surface area contributed by atoms with Gasteiger partial charge in [0.1, 0.15) is 5.75 Å². The largest absolute Gasteiger partial charge is 0.493 e. The molecule has 0 unspecified atom stereocenters. The van der Waals surface area contributed by atoms with E-state index < -0.39 is 0 Å². The predicted octanol–water partition coefficient (Wildman–Crippen LogP) is 5.78. The highest BCUT2D eigenvalue weighted by molar-refractivity contribution is 6.42. The lowest BCUT2D eigenvalue weighted by Gasteiger charge is -2.27. The topological polar surface area (TPSA) is 78.5 Å². The molecule has 3 aromatic carbocycles. The number of carbonyl (C=O) groups is 1. The Morgan fingerprint density at radius 1 is 0.947 bits per heavy atom. The second kappa shape index (κ2) is 10.6. The monoisotopic (exact) mass is 551 g/mol. The van der Waals surface area contributed by atoms with E-state index in [9.17, 15) is 4.79 Å². The van der Waals surface area contributed by atoms with Crippen LogP contribution in [0.1, 0.15) is 21.5 Å². The Morgan fingerprint density at radius 3 is 2.39 bits per heavy atom. The molecule has 9 heteroatoms. The number of ketones is 1. The molecule has 0 radical (unpaired) electrons. The summed E-state index contributed by atoms with van der Waals surface area (Å²) in [4.78, 5) is 13.8. The van der Waals surface area contributed by atoms with E-state index in [0.717, 1.165) is 22.3 Å². The molecule has 1 atom stereocenters. The van der Waals surface area contributed by atoms with Crippen LogP contribution in [-0.2, 0) is 20.0 Å².